The summed E-state index contributed by atoms with van der Waals surface area (Å²) in [6.45, 7) is 4.31. The van der Waals surface area contributed by atoms with Crippen LogP contribution in [0.2, 0.25) is 0 Å². The van der Waals surface area contributed by atoms with Crippen molar-refractivity contribution < 1.29 is 26.0 Å². The molecule has 9 heteroatoms. The summed E-state index contributed by atoms with van der Waals surface area (Å²) in [6, 6.07) is 17.7. The van der Waals surface area contributed by atoms with E-state index >= 15 is 0 Å². The molecule has 2 saturated heterocycles. The minimum atomic E-state index is -4.80. The Labute approximate surface area is 227 Å². The topological polar surface area (TPSA) is 40.6 Å². The number of alkyl halides is 4. The molecule has 0 bridgehead atoms. The number of rotatable bonds is 5. The van der Waals surface area contributed by atoms with Crippen molar-refractivity contribution in [1.29, 1.82) is 0 Å². The first-order valence-electron chi connectivity index (χ1n) is 13.2. The molecule has 4 nitrogen and oxygen atoms in total. The number of halogens is 4. The lowest BCUT2D eigenvalue weighted by Gasteiger charge is -2.56. The standard InChI is InChI=1S/C30H32F4N2O2S/c1-20-8-7-9-24(21(20)2)22-12-14-23(15-13-22)29-26(18-31)36-17-6-5-16-35(19-27(29)36)39(37,38)28-11-4-3-10-25(28)30(32,33)34/h3-4,7-15,26-27,29H,5-6,16-19H2,1-2H3/t26-,27+,29-/m1/s1. The lowest BCUT2D eigenvalue weighted by molar-refractivity contribution is -0.139. The summed E-state index contributed by atoms with van der Waals surface area (Å²) in [4.78, 5) is 1.25. The highest BCUT2D eigenvalue weighted by Crippen LogP contribution is 2.44. The zero-order valence-electron chi connectivity index (χ0n) is 22.0. The Balaban J connectivity index is 1.46. The first kappa shape index (κ1) is 27.8. The normalized spacial score (nSPS) is 23.0. The van der Waals surface area contributed by atoms with Gasteiger partial charge < -0.3 is 0 Å². The van der Waals surface area contributed by atoms with Crippen LogP contribution in [0.1, 0.15) is 41.0 Å². The molecule has 0 spiro atoms. The van der Waals surface area contributed by atoms with Crippen LogP contribution in [0.15, 0.2) is 71.6 Å². The van der Waals surface area contributed by atoms with Gasteiger partial charge in [-0.05, 0) is 73.2 Å². The largest absolute Gasteiger partial charge is 0.417 e. The van der Waals surface area contributed by atoms with Crippen LogP contribution < -0.4 is 0 Å². The van der Waals surface area contributed by atoms with E-state index in [2.05, 4.69) is 26.0 Å². The van der Waals surface area contributed by atoms with Crippen molar-refractivity contribution >= 4 is 10.0 Å². The van der Waals surface area contributed by atoms with Gasteiger partial charge in [-0.3, -0.25) is 4.90 Å². The summed E-state index contributed by atoms with van der Waals surface area (Å²) in [5.41, 5.74) is 4.26. The molecule has 2 aliphatic heterocycles. The molecular formula is C30H32F4N2O2S. The highest BCUT2D eigenvalue weighted by Gasteiger charge is 2.51. The molecule has 3 aromatic rings. The van der Waals surface area contributed by atoms with Crippen LogP contribution >= 0.6 is 0 Å². The molecule has 3 aromatic carbocycles. The fourth-order valence-electron chi connectivity index (χ4n) is 6.11. The average Bonchev–Trinajstić information content (AvgIpc) is 2.89. The van der Waals surface area contributed by atoms with Gasteiger partial charge in [0.05, 0.1) is 10.5 Å². The first-order valence-corrected chi connectivity index (χ1v) is 14.6. The van der Waals surface area contributed by atoms with Crippen LogP contribution in [0.25, 0.3) is 11.1 Å². The van der Waals surface area contributed by atoms with Crippen molar-refractivity contribution in [3.8, 4) is 11.1 Å². The van der Waals surface area contributed by atoms with E-state index in [4.69, 9.17) is 0 Å². The van der Waals surface area contributed by atoms with E-state index in [1.165, 1.54) is 27.6 Å². The predicted molar refractivity (Wildman–Crippen MR) is 144 cm³/mol. The quantitative estimate of drug-likeness (QED) is 0.331. The average molecular weight is 561 g/mol. The Morgan fingerprint density at radius 2 is 1.59 bits per heavy atom. The minimum Gasteiger partial charge on any atom is -0.292 e. The van der Waals surface area contributed by atoms with Crippen LogP contribution in [-0.4, -0.2) is 56.0 Å². The highest BCUT2D eigenvalue weighted by atomic mass is 32.2. The van der Waals surface area contributed by atoms with Crippen molar-refractivity contribution in [2.24, 2.45) is 0 Å². The van der Waals surface area contributed by atoms with E-state index in [0.29, 0.717) is 19.4 Å². The van der Waals surface area contributed by atoms with Gasteiger partial charge in [0.2, 0.25) is 10.0 Å². The summed E-state index contributed by atoms with van der Waals surface area (Å²) in [7, 11) is -4.43. The fourth-order valence-corrected chi connectivity index (χ4v) is 7.82. The van der Waals surface area contributed by atoms with Gasteiger partial charge in [-0.15, -0.1) is 0 Å². The Morgan fingerprint density at radius 3 is 2.28 bits per heavy atom. The second kappa shape index (κ2) is 10.7. The molecule has 2 fully saturated rings. The van der Waals surface area contributed by atoms with E-state index < -0.39 is 39.4 Å². The van der Waals surface area contributed by atoms with Crippen LogP contribution in [0.3, 0.4) is 0 Å². The molecule has 5 rings (SSSR count). The zero-order chi connectivity index (χ0) is 27.9. The van der Waals surface area contributed by atoms with Gasteiger partial charge in [-0.2, -0.15) is 17.5 Å². The summed E-state index contributed by atoms with van der Waals surface area (Å²) in [5, 5.41) is 0. The third-order valence-electron chi connectivity index (χ3n) is 8.33. The van der Waals surface area contributed by atoms with Crippen LogP contribution in [0.5, 0.6) is 0 Å². The number of fused-ring (bicyclic) bond motifs is 1. The number of hydrogen-bond donors (Lipinski definition) is 0. The molecule has 0 N–H and O–H groups in total. The lowest BCUT2D eigenvalue weighted by atomic mass is 9.74. The molecular weight excluding hydrogens is 528 g/mol. The maximum atomic E-state index is 14.3. The zero-order valence-corrected chi connectivity index (χ0v) is 22.8. The maximum absolute atomic E-state index is 14.3. The van der Waals surface area contributed by atoms with Gasteiger partial charge in [0.25, 0.3) is 0 Å². The van der Waals surface area contributed by atoms with Gasteiger partial charge in [-0.1, -0.05) is 54.6 Å². The Kier molecular flexibility index (Phi) is 7.61. The van der Waals surface area contributed by atoms with E-state index in [9.17, 15) is 26.0 Å². The second-order valence-corrected chi connectivity index (χ2v) is 12.4. The van der Waals surface area contributed by atoms with Gasteiger partial charge in [-0.25, -0.2) is 12.8 Å². The lowest BCUT2D eigenvalue weighted by Crippen LogP contribution is -2.67. The SMILES string of the molecule is Cc1cccc(-c2ccc([C@@H]3[C@@H](CF)N4CCCCN(S(=O)(=O)c5ccccc5C(F)(F)F)C[C@@H]34)cc2)c1C. The number of nitrogens with zero attached hydrogens (tertiary/aromatic N) is 2. The van der Waals surface area contributed by atoms with Gasteiger partial charge >= 0.3 is 6.18 Å². The van der Waals surface area contributed by atoms with Crippen molar-refractivity contribution in [2.45, 2.75) is 55.8 Å². The smallest absolute Gasteiger partial charge is 0.292 e. The number of aryl methyl sites for hydroxylation is 1. The number of sulfonamides is 1. The van der Waals surface area contributed by atoms with E-state index in [1.54, 1.807) is 0 Å². The molecule has 0 aromatic heterocycles. The van der Waals surface area contributed by atoms with E-state index in [1.807, 2.05) is 35.2 Å². The third-order valence-corrected chi connectivity index (χ3v) is 10.2. The van der Waals surface area contributed by atoms with Gasteiger partial charge in [0.15, 0.2) is 0 Å². The van der Waals surface area contributed by atoms with Crippen LogP contribution in [-0.2, 0) is 16.2 Å². The van der Waals surface area contributed by atoms with Crippen molar-refractivity contribution in [3.63, 3.8) is 0 Å². The molecule has 39 heavy (non-hydrogen) atoms. The minimum absolute atomic E-state index is 0.00836. The molecule has 208 valence electrons. The fraction of sp³-hybridized carbons (Fsp3) is 0.400. The monoisotopic (exact) mass is 560 g/mol. The summed E-state index contributed by atoms with van der Waals surface area (Å²) >= 11 is 0. The molecule has 2 heterocycles. The number of hydrogen-bond acceptors (Lipinski definition) is 3. The molecule has 0 amide bonds. The van der Waals surface area contributed by atoms with E-state index in [0.717, 1.165) is 28.8 Å². The van der Waals surface area contributed by atoms with E-state index in [-0.39, 0.29) is 25.0 Å². The molecule has 0 saturated carbocycles. The highest BCUT2D eigenvalue weighted by molar-refractivity contribution is 7.89. The van der Waals surface area contributed by atoms with Crippen molar-refractivity contribution in [1.82, 2.24) is 9.21 Å². The summed E-state index contributed by atoms with van der Waals surface area (Å²) < 4.78 is 83.7. The second-order valence-electron chi connectivity index (χ2n) is 10.5. The third kappa shape index (κ3) is 5.12. The molecule has 3 atom stereocenters. The molecule has 2 aliphatic rings. The first-order chi connectivity index (χ1) is 18.5. The Bertz CT molecular complexity index is 1440. The molecule has 0 unspecified atom stereocenters. The Morgan fingerprint density at radius 1 is 0.897 bits per heavy atom. The predicted octanol–water partition coefficient (Wildman–Crippen LogP) is 6.58. The number of benzene rings is 3. The van der Waals surface area contributed by atoms with Gasteiger partial charge in [0, 0.05) is 31.1 Å². The van der Waals surface area contributed by atoms with Crippen molar-refractivity contribution in [2.75, 3.05) is 26.3 Å². The van der Waals surface area contributed by atoms with Crippen molar-refractivity contribution in [3.05, 3.63) is 89.0 Å². The maximum Gasteiger partial charge on any atom is 0.417 e. The summed E-state index contributed by atoms with van der Waals surface area (Å²) in [5.74, 6) is -0.267. The van der Waals surface area contributed by atoms with Gasteiger partial charge in [0.1, 0.15) is 6.67 Å². The molecule has 0 radical (unpaired) electrons. The van der Waals surface area contributed by atoms with Crippen LogP contribution in [0, 0.1) is 13.8 Å². The van der Waals surface area contributed by atoms with Crippen LogP contribution in [0.4, 0.5) is 17.6 Å². The molecule has 0 aliphatic carbocycles. The summed E-state index contributed by atoms with van der Waals surface area (Å²) in [6.07, 6.45) is -3.67. The Hall–Kier alpha value is -2.75.